The zero-order valence-corrected chi connectivity index (χ0v) is 9.75. The van der Waals surface area contributed by atoms with E-state index in [1.807, 2.05) is 55.6 Å². The molecule has 2 rings (SSSR count). The Bertz CT molecular complexity index is 466. The quantitative estimate of drug-likeness (QED) is 0.832. The van der Waals surface area contributed by atoms with Gasteiger partial charge in [-0.05, 0) is 42.5 Å². The standard InChI is InChI=1S/C13H13ClN2/c1-15-11-5-7-12(8-6-11)16-13-4-2-3-10(14)9-13/h2-9,15-16H,1H3. The number of rotatable bonds is 3. The first kappa shape index (κ1) is 10.8. The van der Waals surface area contributed by atoms with Crippen LogP contribution in [-0.2, 0) is 0 Å². The molecule has 2 N–H and O–H groups in total. The van der Waals surface area contributed by atoms with Crippen LogP contribution >= 0.6 is 11.6 Å². The van der Waals surface area contributed by atoms with Gasteiger partial charge >= 0.3 is 0 Å². The predicted octanol–water partition coefficient (Wildman–Crippen LogP) is 4.13. The zero-order valence-electron chi connectivity index (χ0n) is 9.00. The molecule has 0 aliphatic carbocycles. The number of hydrogen-bond donors (Lipinski definition) is 2. The molecule has 2 aromatic carbocycles. The molecule has 16 heavy (non-hydrogen) atoms. The molecule has 0 unspecified atom stereocenters. The molecule has 0 spiro atoms. The molecule has 0 saturated heterocycles. The molecule has 0 saturated carbocycles. The highest BCUT2D eigenvalue weighted by Crippen LogP contribution is 2.21. The second-order valence-electron chi connectivity index (χ2n) is 3.46. The zero-order chi connectivity index (χ0) is 11.4. The lowest BCUT2D eigenvalue weighted by molar-refractivity contribution is 1.49. The van der Waals surface area contributed by atoms with Gasteiger partial charge < -0.3 is 10.6 Å². The lowest BCUT2D eigenvalue weighted by Gasteiger charge is -2.07. The van der Waals surface area contributed by atoms with Crippen molar-refractivity contribution >= 4 is 28.7 Å². The van der Waals surface area contributed by atoms with Crippen LogP contribution < -0.4 is 10.6 Å². The van der Waals surface area contributed by atoms with Gasteiger partial charge in [-0.15, -0.1) is 0 Å². The topological polar surface area (TPSA) is 24.1 Å². The first-order valence-electron chi connectivity index (χ1n) is 5.08. The van der Waals surface area contributed by atoms with Gasteiger partial charge in [0.2, 0.25) is 0 Å². The van der Waals surface area contributed by atoms with Crippen molar-refractivity contribution in [2.24, 2.45) is 0 Å². The van der Waals surface area contributed by atoms with Crippen LogP contribution in [0.1, 0.15) is 0 Å². The molecular weight excluding hydrogens is 220 g/mol. The maximum atomic E-state index is 5.91. The maximum absolute atomic E-state index is 5.91. The SMILES string of the molecule is CNc1ccc(Nc2cccc(Cl)c2)cc1. The van der Waals surface area contributed by atoms with Gasteiger partial charge in [0.25, 0.3) is 0 Å². The van der Waals surface area contributed by atoms with E-state index >= 15 is 0 Å². The monoisotopic (exact) mass is 232 g/mol. The summed E-state index contributed by atoms with van der Waals surface area (Å²) in [6.07, 6.45) is 0. The molecule has 3 heteroatoms. The molecule has 2 nitrogen and oxygen atoms in total. The minimum Gasteiger partial charge on any atom is -0.388 e. The molecule has 0 radical (unpaired) electrons. The van der Waals surface area contributed by atoms with Crippen molar-refractivity contribution in [1.82, 2.24) is 0 Å². The number of benzene rings is 2. The van der Waals surface area contributed by atoms with E-state index in [2.05, 4.69) is 10.6 Å². The fraction of sp³-hybridized carbons (Fsp3) is 0.0769. The first-order chi connectivity index (χ1) is 7.78. The van der Waals surface area contributed by atoms with E-state index in [-0.39, 0.29) is 0 Å². The van der Waals surface area contributed by atoms with Crippen LogP contribution in [0.15, 0.2) is 48.5 Å². The average molecular weight is 233 g/mol. The van der Waals surface area contributed by atoms with Crippen molar-refractivity contribution in [3.05, 3.63) is 53.6 Å². The molecule has 0 aromatic heterocycles. The van der Waals surface area contributed by atoms with E-state index in [1.54, 1.807) is 0 Å². The number of nitrogens with one attached hydrogen (secondary N) is 2. The Kier molecular flexibility index (Phi) is 3.32. The third-order valence-electron chi connectivity index (χ3n) is 2.29. The van der Waals surface area contributed by atoms with Crippen molar-refractivity contribution < 1.29 is 0 Å². The second kappa shape index (κ2) is 4.90. The van der Waals surface area contributed by atoms with Crippen LogP contribution in [0, 0.1) is 0 Å². The van der Waals surface area contributed by atoms with Gasteiger partial charge in [-0.25, -0.2) is 0 Å². The van der Waals surface area contributed by atoms with Gasteiger partial charge in [0.05, 0.1) is 0 Å². The number of anilines is 3. The minimum atomic E-state index is 0.733. The minimum absolute atomic E-state index is 0.733. The first-order valence-corrected chi connectivity index (χ1v) is 5.46. The van der Waals surface area contributed by atoms with Crippen molar-refractivity contribution in [3.63, 3.8) is 0 Å². The summed E-state index contributed by atoms with van der Waals surface area (Å²) < 4.78 is 0. The molecule has 0 fully saturated rings. The van der Waals surface area contributed by atoms with Crippen LogP contribution in [0.4, 0.5) is 17.1 Å². The Morgan fingerprint density at radius 1 is 0.875 bits per heavy atom. The summed E-state index contributed by atoms with van der Waals surface area (Å²) in [5.74, 6) is 0. The molecular formula is C13H13ClN2. The number of hydrogen-bond acceptors (Lipinski definition) is 2. The molecule has 2 aromatic rings. The van der Waals surface area contributed by atoms with Crippen LogP contribution in [-0.4, -0.2) is 7.05 Å². The highest BCUT2D eigenvalue weighted by atomic mass is 35.5. The van der Waals surface area contributed by atoms with E-state index in [9.17, 15) is 0 Å². The van der Waals surface area contributed by atoms with Gasteiger partial charge in [0.1, 0.15) is 0 Å². The third-order valence-corrected chi connectivity index (χ3v) is 2.52. The van der Waals surface area contributed by atoms with E-state index in [0.29, 0.717) is 0 Å². The summed E-state index contributed by atoms with van der Waals surface area (Å²) in [6, 6.07) is 15.7. The Morgan fingerprint density at radius 2 is 1.56 bits per heavy atom. The van der Waals surface area contributed by atoms with Gasteiger partial charge in [-0.1, -0.05) is 17.7 Å². The highest BCUT2D eigenvalue weighted by molar-refractivity contribution is 6.30. The van der Waals surface area contributed by atoms with Crippen LogP contribution in [0.25, 0.3) is 0 Å². The molecule has 0 aliphatic heterocycles. The largest absolute Gasteiger partial charge is 0.388 e. The van der Waals surface area contributed by atoms with Crippen molar-refractivity contribution in [1.29, 1.82) is 0 Å². The Morgan fingerprint density at radius 3 is 2.19 bits per heavy atom. The Balaban J connectivity index is 2.14. The molecule has 0 amide bonds. The fourth-order valence-corrected chi connectivity index (χ4v) is 1.64. The lowest BCUT2D eigenvalue weighted by Crippen LogP contribution is -1.91. The normalized spacial score (nSPS) is 9.88. The molecule has 0 aliphatic rings. The van der Waals surface area contributed by atoms with E-state index in [1.165, 1.54) is 0 Å². The summed E-state index contributed by atoms with van der Waals surface area (Å²) >= 11 is 5.91. The van der Waals surface area contributed by atoms with Gasteiger partial charge in [-0.3, -0.25) is 0 Å². The Labute approximate surface area is 100 Å². The summed E-state index contributed by atoms with van der Waals surface area (Å²) in [5, 5.41) is 7.10. The summed E-state index contributed by atoms with van der Waals surface area (Å²) in [4.78, 5) is 0. The van der Waals surface area contributed by atoms with Crippen LogP contribution in [0.3, 0.4) is 0 Å². The van der Waals surface area contributed by atoms with Crippen LogP contribution in [0.5, 0.6) is 0 Å². The summed E-state index contributed by atoms with van der Waals surface area (Å²) in [6.45, 7) is 0. The molecule has 82 valence electrons. The van der Waals surface area contributed by atoms with Crippen molar-refractivity contribution in [2.75, 3.05) is 17.7 Å². The lowest BCUT2D eigenvalue weighted by atomic mass is 10.2. The third kappa shape index (κ3) is 2.67. The molecule has 0 heterocycles. The molecule has 0 bridgehead atoms. The van der Waals surface area contributed by atoms with Crippen LogP contribution in [0.2, 0.25) is 5.02 Å². The number of halogens is 1. The fourth-order valence-electron chi connectivity index (χ4n) is 1.45. The van der Waals surface area contributed by atoms with Crippen molar-refractivity contribution in [3.8, 4) is 0 Å². The van der Waals surface area contributed by atoms with E-state index in [0.717, 1.165) is 22.1 Å². The van der Waals surface area contributed by atoms with Gasteiger partial charge in [0.15, 0.2) is 0 Å². The van der Waals surface area contributed by atoms with Gasteiger partial charge in [0, 0.05) is 29.1 Å². The highest BCUT2D eigenvalue weighted by Gasteiger charge is 1.95. The second-order valence-corrected chi connectivity index (χ2v) is 3.90. The van der Waals surface area contributed by atoms with E-state index in [4.69, 9.17) is 11.6 Å². The molecule has 0 atom stereocenters. The summed E-state index contributed by atoms with van der Waals surface area (Å²) in [5.41, 5.74) is 3.13. The smallest absolute Gasteiger partial charge is 0.0426 e. The average Bonchev–Trinajstić information content (AvgIpc) is 2.30. The summed E-state index contributed by atoms with van der Waals surface area (Å²) in [7, 11) is 1.90. The maximum Gasteiger partial charge on any atom is 0.0426 e. The predicted molar refractivity (Wildman–Crippen MR) is 70.7 cm³/mol. The van der Waals surface area contributed by atoms with Gasteiger partial charge in [-0.2, -0.15) is 0 Å². The Hall–Kier alpha value is -1.67. The van der Waals surface area contributed by atoms with E-state index < -0.39 is 0 Å². The van der Waals surface area contributed by atoms with Crippen molar-refractivity contribution in [2.45, 2.75) is 0 Å².